The van der Waals surface area contributed by atoms with Gasteiger partial charge in [0.1, 0.15) is 11.5 Å². The number of hydrogen-bond donors (Lipinski definition) is 0. The van der Waals surface area contributed by atoms with Crippen LogP contribution in [0.4, 0.5) is 13.2 Å². The predicted octanol–water partition coefficient (Wildman–Crippen LogP) is 2.07. The molecule has 0 radical (unpaired) electrons. The van der Waals surface area contributed by atoms with Crippen LogP contribution >= 0.6 is 0 Å². The molecule has 0 aromatic carbocycles. The molecular weight excluding hydrogens is 317 g/mol. The molecule has 20 heavy (non-hydrogen) atoms. The molecule has 0 bridgehead atoms. The van der Waals surface area contributed by atoms with Gasteiger partial charge in [-0.05, 0) is 23.7 Å². The highest BCUT2D eigenvalue weighted by Crippen LogP contribution is 2.21. The van der Waals surface area contributed by atoms with Gasteiger partial charge >= 0.3 is 5.51 Å². The zero-order valence-corrected chi connectivity index (χ0v) is 13.3. The Balaban J connectivity index is 0.000000396. The van der Waals surface area contributed by atoms with E-state index in [0.717, 1.165) is 5.75 Å². The zero-order chi connectivity index (χ0) is 16.2. The third-order valence-electron chi connectivity index (χ3n) is 2.57. The van der Waals surface area contributed by atoms with E-state index >= 15 is 0 Å². The van der Waals surface area contributed by atoms with Crippen LogP contribution in [-0.2, 0) is 25.8 Å². The number of alkyl halides is 3. The number of hydrogen-bond acceptors (Lipinski definition) is 4. The van der Waals surface area contributed by atoms with Crippen molar-refractivity contribution in [1.29, 1.82) is 0 Å². The van der Waals surface area contributed by atoms with Crippen LogP contribution in [0, 0.1) is 5.41 Å². The van der Waals surface area contributed by atoms with E-state index in [1.165, 1.54) is 24.3 Å². The van der Waals surface area contributed by atoms with Crippen molar-refractivity contribution >= 4 is 26.8 Å². The lowest BCUT2D eigenvalue weighted by atomic mass is 9.92. The van der Waals surface area contributed by atoms with Crippen molar-refractivity contribution in [2.24, 2.45) is 5.41 Å². The fourth-order valence-corrected chi connectivity index (χ4v) is 3.78. The molecule has 0 saturated carbocycles. The Hall–Kier alpha value is -0.280. The maximum absolute atomic E-state index is 11.6. The van der Waals surface area contributed by atoms with E-state index in [0.29, 0.717) is 16.7 Å². The van der Waals surface area contributed by atoms with E-state index in [-0.39, 0.29) is 5.41 Å². The summed E-state index contributed by atoms with van der Waals surface area (Å²) in [4.78, 5) is 11.6. The Bertz CT molecular complexity index is 418. The van der Waals surface area contributed by atoms with Crippen molar-refractivity contribution in [2.75, 3.05) is 17.3 Å². The van der Waals surface area contributed by atoms with Crippen molar-refractivity contribution in [2.45, 2.75) is 39.1 Å². The van der Waals surface area contributed by atoms with Crippen molar-refractivity contribution < 1.29 is 30.9 Å². The van der Waals surface area contributed by atoms with E-state index in [9.17, 15) is 18.0 Å². The highest BCUT2D eigenvalue weighted by atomic mass is 32.2. The molecule has 0 aliphatic carbocycles. The van der Waals surface area contributed by atoms with Crippen molar-refractivity contribution in [3.8, 4) is 0 Å². The molecule has 0 unspecified atom stereocenters. The van der Waals surface area contributed by atoms with Gasteiger partial charge in [-0.25, -0.2) is 8.42 Å². The van der Waals surface area contributed by atoms with Crippen LogP contribution in [0.25, 0.3) is 0 Å². The Morgan fingerprint density at radius 1 is 1.15 bits per heavy atom. The Labute approximate surface area is 120 Å². The van der Waals surface area contributed by atoms with Crippen LogP contribution in [0.3, 0.4) is 0 Å². The van der Waals surface area contributed by atoms with E-state index < -0.39 is 15.6 Å². The van der Waals surface area contributed by atoms with E-state index in [4.69, 9.17) is 13.0 Å². The summed E-state index contributed by atoms with van der Waals surface area (Å²) < 4.78 is 58.9. The maximum atomic E-state index is 11.6. The molecule has 1 rings (SSSR count). The molecule has 0 atom stereocenters. The summed E-state index contributed by atoms with van der Waals surface area (Å²) in [6, 6.07) is 0. The van der Waals surface area contributed by atoms with Gasteiger partial charge in [0.15, 0.2) is 21.7 Å². The van der Waals surface area contributed by atoms with Gasteiger partial charge in [0, 0.05) is 5.41 Å². The SMILES string of the molecule is CC(C)(C)C(=O)C[S+]1CCCC1.O=S(=O)([O-])C(F)(F)F. The number of carbonyl (C=O) groups is 1. The highest BCUT2D eigenvalue weighted by molar-refractivity contribution is 7.97. The molecule has 0 spiro atoms. The lowest BCUT2D eigenvalue weighted by Crippen LogP contribution is -2.28. The van der Waals surface area contributed by atoms with Gasteiger partial charge in [0.05, 0.1) is 0 Å². The monoisotopic (exact) mass is 336 g/mol. The summed E-state index contributed by atoms with van der Waals surface area (Å²) in [6.07, 6.45) is 2.70. The van der Waals surface area contributed by atoms with Gasteiger partial charge in [-0.15, -0.1) is 0 Å². The minimum absolute atomic E-state index is 0.115. The normalized spacial score (nSPS) is 17.6. The molecule has 0 aromatic heterocycles. The quantitative estimate of drug-likeness (QED) is 0.439. The number of ketones is 1. The van der Waals surface area contributed by atoms with Crippen LogP contribution in [0.5, 0.6) is 0 Å². The van der Waals surface area contributed by atoms with Gasteiger partial charge in [-0.3, -0.25) is 4.79 Å². The van der Waals surface area contributed by atoms with Gasteiger partial charge in [0.25, 0.3) is 0 Å². The summed E-state index contributed by atoms with van der Waals surface area (Å²) in [6.45, 7) is 6.07. The smallest absolute Gasteiger partial charge is 0.485 e. The van der Waals surface area contributed by atoms with Gasteiger partial charge < -0.3 is 4.55 Å². The summed E-state index contributed by atoms with van der Waals surface area (Å²) in [5, 5.41) is 0. The van der Waals surface area contributed by atoms with E-state index in [1.807, 2.05) is 20.8 Å². The topological polar surface area (TPSA) is 74.3 Å². The molecule has 0 N–H and O–H groups in total. The van der Waals surface area contributed by atoms with E-state index in [2.05, 4.69) is 0 Å². The number of halogens is 3. The van der Waals surface area contributed by atoms with Crippen molar-refractivity contribution in [1.82, 2.24) is 0 Å². The first-order valence-corrected chi connectivity index (χ1v) is 9.09. The molecule has 0 amide bonds. The Kier molecular flexibility index (Phi) is 7.03. The molecule has 1 saturated heterocycles. The maximum Gasteiger partial charge on any atom is 0.485 e. The summed E-state index contributed by atoms with van der Waals surface area (Å²) in [7, 11) is -5.64. The second-order valence-corrected chi connectivity index (χ2v) is 9.15. The molecular formula is C11H19F3O4S2. The fraction of sp³-hybridized carbons (Fsp3) is 0.909. The minimum Gasteiger partial charge on any atom is -0.741 e. The summed E-state index contributed by atoms with van der Waals surface area (Å²) in [5.74, 6) is 3.92. The van der Waals surface area contributed by atoms with Gasteiger partial charge in [-0.1, -0.05) is 20.8 Å². The Morgan fingerprint density at radius 3 is 1.75 bits per heavy atom. The standard InChI is InChI=1S/C10H19OS.CHF3O3S/c1-10(2,3)9(11)8-12-6-4-5-7-12;2-1(3,4)8(5,6)7/h4-8H2,1-3H3;(H,5,6,7)/q+1;/p-1. The molecule has 1 heterocycles. The zero-order valence-electron chi connectivity index (χ0n) is 11.6. The first-order valence-electron chi connectivity index (χ1n) is 5.94. The molecule has 120 valence electrons. The van der Waals surface area contributed by atoms with Crippen LogP contribution in [0.2, 0.25) is 0 Å². The average Bonchev–Trinajstić information content (AvgIpc) is 2.66. The third-order valence-corrected chi connectivity index (χ3v) is 5.54. The lowest BCUT2D eigenvalue weighted by molar-refractivity contribution is -0.123. The van der Waals surface area contributed by atoms with Crippen molar-refractivity contribution in [3.63, 3.8) is 0 Å². The second kappa shape index (κ2) is 7.13. The molecule has 1 aliphatic rings. The number of carbonyl (C=O) groups excluding carboxylic acids is 1. The fourth-order valence-electron chi connectivity index (χ4n) is 1.26. The third kappa shape index (κ3) is 7.49. The average molecular weight is 336 g/mol. The van der Waals surface area contributed by atoms with Crippen LogP contribution in [0.15, 0.2) is 0 Å². The number of rotatable bonds is 2. The highest BCUT2D eigenvalue weighted by Gasteiger charge is 2.37. The summed E-state index contributed by atoms with van der Waals surface area (Å²) >= 11 is 0. The first-order chi connectivity index (χ1) is 8.75. The number of Topliss-reactive ketones (excluding diaryl/α,β-unsaturated/α-hetero) is 1. The predicted molar refractivity (Wildman–Crippen MR) is 71.4 cm³/mol. The first kappa shape index (κ1) is 19.7. The van der Waals surface area contributed by atoms with Crippen LogP contribution in [0.1, 0.15) is 33.6 Å². The molecule has 9 heteroatoms. The lowest BCUT2D eigenvalue weighted by Gasteiger charge is -2.14. The molecule has 1 fully saturated rings. The molecule has 0 aromatic rings. The Morgan fingerprint density at radius 2 is 1.50 bits per heavy atom. The van der Waals surface area contributed by atoms with Crippen LogP contribution < -0.4 is 0 Å². The van der Waals surface area contributed by atoms with E-state index in [1.54, 1.807) is 0 Å². The molecule has 4 nitrogen and oxygen atoms in total. The van der Waals surface area contributed by atoms with Crippen LogP contribution in [-0.4, -0.2) is 41.5 Å². The second-order valence-electron chi connectivity index (χ2n) is 5.45. The molecule has 1 aliphatic heterocycles. The minimum atomic E-state index is -6.09. The summed E-state index contributed by atoms with van der Waals surface area (Å²) in [5.41, 5.74) is -5.76. The van der Waals surface area contributed by atoms with Gasteiger partial charge in [-0.2, -0.15) is 13.2 Å². The van der Waals surface area contributed by atoms with Crippen molar-refractivity contribution in [3.05, 3.63) is 0 Å². The van der Waals surface area contributed by atoms with Gasteiger partial charge in [0.2, 0.25) is 0 Å². The largest absolute Gasteiger partial charge is 0.741 e.